The van der Waals surface area contributed by atoms with E-state index in [4.69, 9.17) is 0 Å². The van der Waals surface area contributed by atoms with Gasteiger partial charge in [-0.25, -0.2) is 0 Å². The molecule has 6 nitrogen and oxygen atoms in total. The number of rotatable bonds is 14. The van der Waals surface area contributed by atoms with Gasteiger partial charge in [-0.15, -0.1) is 0 Å². The lowest BCUT2D eigenvalue weighted by Gasteiger charge is -1.99. The molecule has 0 spiro atoms. The Bertz CT molecular complexity index is 404. The maximum absolute atomic E-state index is 10.8. The fourth-order valence-corrected chi connectivity index (χ4v) is 1.87. The van der Waals surface area contributed by atoms with E-state index in [0.717, 1.165) is 25.4 Å². The molecule has 0 amide bonds. The van der Waals surface area contributed by atoms with E-state index in [2.05, 4.69) is 40.9 Å². The highest BCUT2D eigenvalue weighted by molar-refractivity contribution is 5.71. The SMILES string of the molecule is C=COC(=O)CCCCC(=O)OC=C.C=COC(=O)CCCCCCC. The Morgan fingerprint density at radius 1 is 0.615 bits per heavy atom. The molecule has 0 rings (SSSR count). The Kier molecular flexibility index (Phi) is 20.6. The lowest BCUT2D eigenvalue weighted by Crippen LogP contribution is -2.01. The second kappa shape index (κ2) is 20.7. The van der Waals surface area contributed by atoms with E-state index in [1.165, 1.54) is 25.5 Å². The summed E-state index contributed by atoms with van der Waals surface area (Å²) < 4.78 is 13.6. The summed E-state index contributed by atoms with van der Waals surface area (Å²) in [4.78, 5) is 32.4. The summed E-state index contributed by atoms with van der Waals surface area (Å²) in [5, 5.41) is 0. The molecule has 6 heteroatoms. The first-order chi connectivity index (χ1) is 12.5. The van der Waals surface area contributed by atoms with Gasteiger partial charge in [0, 0.05) is 19.3 Å². The number of unbranched alkanes of at least 4 members (excludes halogenated alkanes) is 5. The third kappa shape index (κ3) is 21.6. The van der Waals surface area contributed by atoms with Crippen molar-refractivity contribution in [3.63, 3.8) is 0 Å². The van der Waals surface area contributed by atoms with E-state index in [-0.39, 0.29) is 30.7 Å². The van der Waals surface area contributed by atoms with E-state index in [1.54, 1.807) is 0 Å². The van der Waals surface area contributed by atoms with Gasteiger partial charge in [0.2, 0.25) is 0 Å². The first kappa shape index (κ1) is 25.9. The van der Waals surface area contributed by atoms with Gasteiger partial charge < -0.3 is 14.2 Å². The predicted molar refractivity (Wildman–Crippen MR) is 101 cm³/mol. The van der Waals surface area contributed by atoms with Crippen molar-refractivity contribution in [2.45, 2.75) is 71.1 Å². The van der Waals surface area contributed by atoms with Crippen molar-refractivity contribution >= 4 is 17.9 Å². The first-order valence-electron chi connectivity index (χ1n) is 8.92. The number of carbonyl (C=O) groups excluding carboxylic acids is 3. The van der Waals surface area contributed by atoms with Crippen LogP contribution in [0.25, 0.3) is 0 Å². The van der Waals surface area contributed by atoms with E-state index in [9.17, 15) is 14.4 Å². The Morgan fingerprint density at radius 3 is 1.23 bits per heavy atom. The third-order valence-corrected chi connectivity index (χ3v) is 3.14. The quantitative estimate of drug-likeness (QED) is 0.187. The number of carbonyl (C=O) groups is 3. The van der Waals surface area contributed by atoms with Crippen LogP contribution in [0.4, 0.5) is 0 Å². The number of hydrogen-bond acceptors (Lipinski definition) is 6. The van der Waals surface area contributed by atoms with Crippen LogP contribution < -0.4 is 0 Å². The molecule has 148 valence electrons. The van der Waals surface area contributed by atoms with Crippen LogP contribution in [0.15, 0.2) is 38.5 Å². The Hall–Kier alpha value is -2.37. The summed E-state index contributed by atoms with van der Waals surface area (Å²) >= 11 is 0. The number of hydrogen-bond donors (Lipinski definition) is 0. The van der Waals surface area contributed by atoms with E-state index < -0.39 is 0 Å². The van der Waals surface area contributed by atoms with E-state index in [0.29, 0.717) is 19.3 Å². The maximum Gasteiger partial charge on any atom is 0.310 e. The summed E-state index contributed by atoms with van der Waals surface area (Å²) in [6.45, 7) is 12.0. The van der Waals surface area contributed by atoms with Gasteiger partial charge >= 0.3 is 17.9 Å². The lowest BCUT2D eigenvalue weighted by atomic mass is 10.1. The fraction of sp³-hybridized carbons (Fsp3) is 0.550. The highest BCUT2D eigenvalue weighted by Gasteiger charge is 2.03. The minimum atomic E-state index is -0.336. The third-order valence-electron chi connectivity index (χ3n) is 3.14. The minimum absolute atomic E-state index is 0.165. The molecule has 0 saturated carbocycles. The summed E-state index contributed by atoms with van der Waals surface area (Å²) in [7, 11) is 0. The molecular formula is C20H32O6. The van der Waals surface area contributed by atoms with Gasteiger partial charge in [-0.2, -0.15) is 0 Å². The zero-order chi connectivity index (χ0) is 20.0. The second-order valence-electron chi connectivity index (χ2n) is 5.34. The van der Waals surface area contributed by atoms with E-state index in [1.807, 2.05) is 0 Å². The summed E-state index contributed by atoms with van der Waals surface area (Å²) in [5.74, 6) is -0.837. The monoisotopic (exact) mass is 368 g/mol. The van der Waals surface area contributed by atoms with Crippen molar-refractivity contribution in [1.82, 2.24) is 0 Å². The molecule has 0 atom stereocenters. The molecule has 0 aromatic rings. The molecule has 0 unspecified atom stereocenters. The first-order valence-corrected chi connectivity index (χ1v) is 8.92. The summed E-state index contributed by atoms with van der Waals surface area (Å²) in [6.07, 6.45) is 11.4. The molecule has 0 fully saturated rings. The van der Waals surface area contributed by atoms with Gasteiger partial charge in [0.25, 0.3) is 0 Å². The lowest BCUT2D eigenvalue weighted by molar-refractivity contribution is -0.140. The molecule has 0 aliphatic rings. The Morgan fingerprint density at radius 2 is 0.923 bits per heavy atom. The van der Waals surface area contributed by atoms with Gasteiger partial charge in [0.15, 0.2) is 0 Å². The van der Waals surface area contributed by atoms with Crippen molar-refractivity contribution in [1.29, 1.82) is 0 Å². The van der Waals surface area contributed by atoms with Crippen LogP contribution in [0.1, 0.15) is 71.1 Å². The fourth-order valence-electron chi connectivity index (χ4n) is 1.87. The van der Waals surface area contributed by atoms with Crippen LogP contribution in [0, 0.1) is 0 Å². The molecule has 0 saturated heterocycles. The minimum Gasteiger partial charge on any atom is -0.435 e. The summed E-state index contributed by atoms with van der Waals surface area (Å²) in [5.41, 5.74) is 0. The van der Waals surface area contributed by atoms with Gasteiger partial charge in [-0.05, 0) is 19.3 Å². The Balaban J connectivity index is 0. The molecular weight excluding hydrogens is 336 g/mol. The molecule has 0 aromatic carbocycles. The summed E-state index contributed by atoms with van der Waals surface area (Å²) in [6, 6.07) is 0. The van der Waals surface area contributed by atoms with Gasteiger partial charge in [-0.1, -0.05) is 52.3 Å². The van der Waals surface area contributed by atoms with Crippen molar-refractivity contribution in [2.24, 2.45) is 0 Å². The highest BCUT2D eigenvalue weighted by Crippen LogP contribution is 2.05. The molecule has 0 aliphatic carbocycles. The van der Waals surface area contributed by atoms with Crippen LogP contribution in [-0.2, 0) is 28.6 Å². The average Bonchev–Trinajstić information content (AvgIpc) is 2.60. The van der Waals surface area contributed by atoms with Crippen molar-refractivity contribution in [2.75, 3.05) is 0 Å². The molecule has 26 heavy (non-hydrogen) atoms. The molecule has 0 heterocycles. The van der Waals surface area contributed by atoms with Crippen LogP contribution in [0.3, 0.4) is 0 Å². The molecule has 0 aromatic heterocycles. The van der Waals surface area contributed by atoms with Crippen LogP contribution in [0.2, 0.25) is 0 Å². The molecule has 0 radical (unpaired) electrons. The average molecular weight is 368 g/mol. The molecule has 0 bridgehead atoms. The number of esters is 3. The topological polar surface area (TPSA) is 78.9 Å². The van der Waals surface area contributed by atoms with Gasteiger partial charge in [0.05, 0.1) is 18.8 Å². The van der Waals surface area contributed by atoms with E-state index >= 15 is 0 Å². The molecule has 0 aliphatic heterocycles. The largest absolute Gasteiger partial charge is 0.435 e. The van der Waals surface area contributed by atoms with Gasteiger partial charge in [0.1, 0.15) is 0 Å². The second-order valence-corrected chi connectivity index (χ2v) is 5.34. The molecule has 0 N–H and O–H groups in total. The van der Waals surface area contributed by atoms with Crippen molar-refractivity contribution < 1.29 is 28.6 Å². The maximum atomic E-state index is 10.8. The van der Waals surface area contributed by atoms with Crippen LogP contribution >= 0.6 is 0 Å². The van der Waals surface area contributed by atoms with Crippen molar-refractivity contribution in [3.8, 4) is 0 Å². The highest BCUT2D eigenvalue weighted by atomic mass is 16.5. The van der Waals surface area contributed by atoms with Crippen LogP contribution in [-0.4, -0.2) is 17.9 Å². The normalized spacial score (nSPS) is 9.12. The standard InChI is InChI=1S/C10H14O4.C10H18O2/c1-3-13-9(11)7-5-6-8-10(12)14-4-2;1-3-5-6-7-8-9-10(11)12-4-2/h3-4H,1-2,5-8H2;4H,2-3,5-9H2,1H3. The number of ether oxygens (including phenoxy) is 3. The zero-order valence-electron chi connectivity index (χ0n) is 15.9. The van der Waals surface area contributed by atoms with Crippen LogP contribution in [0.5, 0.6) is 0 Å². The predicted octanol–water partition coefficient (Wildman–Crippen LogP) is 4.95. The zero-order valence-corrected chi connectivity index (χ0v) is 15.9. The van der Waals surface area contributed by atoms with Gasteiger partial charge in [-0.3, -0.25) is 14.4 Å². The smallest absolute Gasteiger partial charge is 0.310 e. The Labute approximate surface area is 156 Å². The van der Waals surface area contributed by atoms with Crippen molar-refractivity contribution in [3.05, 3.63) is 38.5 Å².